The van der Waals surface area contributed by atoms with Crippen molar-refractivity contribution in [3.05, 3.63) is 35.9 Å². The van der Waals surface area contributed by atoms with Crippen molar-refractivity contribution in [2.45, 2.75) is 12.5 Å². The van der Waals surface area contributed by atoms with Gasteiger partial charge >= 0.3 is 0 Å². The summed E-state index contributed by atoms with van der Waals surface area (Å²) in [7, 11) is 4.06. The van der Waals surface area contributed by atoms with Gasteiger partial charge in [-0.25, -0.2) is 0 Å². The Kier molecular flexibility index (Phi) is 12.1. The van der Waals surface area contributed by atoms with E-state index in [4.69, 9.17) is 0 Å². The average Bonchev–Trinajstić information content (AvgIpc) is 2.55. The van der Waals surface area contributed by atoms with Gasteiger partial charge in [-0.2, -0.15) is 0 Å². The van der Waals surface area contributed by atoms with E-state index in [2.05, 4.69) is 39.6 Å². The normalized spacial score (nSPS) is 16.6. The van der Waals surface area contributed by atoms with E-state index in [-0.39, 0.29) is 36.8 Å². The highest BCUT2D eigenvalue weighted by Gasteiger charge is 2.29. The minimum absolute atomic E-state index is 0. The summed E-state index contributed by atoms with van der Waals surface area (Å²) >= 11 is 0. The molecule has 2 N–H and O–H groups in total. The maximum atomic E-state index is 12.7. The van der Waals surface area contributed by atoms with E-state index in [1.165, 1.54) is 0 Å². The topological polar surface area (TPSA) is 47.6 Å². The fourth-order valence-corrected chi connectivity index (χ4v) is 2.82. The van der Waals surface area contributed by atoms with Crippen molar-refractivity contribution >= 4 is 30.7 Å². The average molecular weight is 377 g/mol. The van der Waals surface area contributed by atoms with Gasteiger partial charge in [-0.3, -0.25) is 9.69 Å². The van der Waals surface area contributed by atoms with E-state index >= 15 is 0 Å². The van der Waals surface area contributed by atoms with Gasteiger partial charge < -0.3 is 15.5 Å². The highest BCUT2D eigenvalue weighted by Crippen LogP contribution is 2.22. The number of hydrogen-bond acceptors (Lipinski definition) is 4. The molecule has 0 bridgehead atoms. The maximum Gasteiger partial charge on any atom is 0.241 e. The third-order valence-electron chi connectivity index (χ3n) is 4.17. The van der Waals surface area contributed by atoms with Crippen LogP contribution in [0.2, 0.25) is 0 Å². The second-order valence-corrected chi connectivity index (χ2v) is 5.90. The number of amides is 1. The SMILES string of the molecule is CNCCCNC(=O)C(c1ccccc1)N1CCN(C)CC1.Cl.Cl. The maximum absolute atomic E-state index is 12.7. The lowest BCUT2D eigenvalue weighted by molar-refractivity contribution is -0.127. The molecule has 1 unspecified atom stereocenters. The molecule has 138 valence electrons. The largest absolute Gasteiger partial charge is 0.354 e. The van der Waals surface area contributed by atoms with Crippen LogP contribution in [0, 0.1) is 0 Å². The summed E-state index contributed by atoms with van der Waals surface area (Å²) in [6, 6.07) is 9.94. The molecule has 0 aliphatic carbocycles. The predicted molar refractivity (Wildman–Crippen MR) is 104 cm³/mol. The van der Waals surface area contributed by atoms with Crippen molar-refractivity contribution in [3.63, 3.8) is 0 Å². The molecule has 0 saturated carbocycles. The van der Waals surface area contributed by atoms with Crippen molar-refractivity contribution in [2.75, 3.05) is 53.4 Å². The number of piperazine rings is 1. The molecule has 1 saturated heterocycles. The number of nitrogens with zero attached hydrogens (tertiary/aromatic N) is 2. The number of halogens is 2. The molecule has 1 amide bonds. The zero-order valence-corrected chi connectivity index (χ0v) is 16.2. The fraction of sp³-hybridized carbons (Fsp3) is 0.588. The van der Waals surface area contributed by atoms with E-state index in [9.17, 15) is 4.79 Å². The van der Waals surface area contributed by atoms with E-state index < -0.39 is 0 Å². The summed E-state index contributed by atoms with van der Waals surface area (Å²) in [4.78, 5) is 17.3. The third kappa shape index (κ3) is 6.95. The summed E-state index contributed by atoms with van der Waals surface area (Å²) in [5.41, 5.74) is 1.08. The zero-order valence-electron chi connectivity index (χ0n) is 14.5. The lowest BCUT2D eigenvalue weighted by Crippen LogP contribution is -2.50. The minimum atomic E-state index is -0.176. The highest BCUT2D eigenvalue weighted by molar-refractivity contribution is 5.85. The summed E-state index contributed by atoms with van der Waals surface area (Å²) < 4.78 is 0. The van der Waals surface area contributed by atoms with E-state index in [0.717, 1.165) is 51.3 Å². The number of benzene rings is 1. The van der Waals surface area contributed by atoms with Crippen LogP contribution in [-0.4, -0.2) is 69.1 Å². The number of rotatable bonds is 7. The molecule has 1 aliphatic rings. The number of carbonyl (C=O) groups excluding carboxylic acids is 1. The van der Waals surface area contributed by atoms with Crippen LogP contribution in [0.15, 0.2) is 30.3 Å². The van der Waals surface area contributed by atoms with Crippen LogP contribution in [0.1, 0.15) is 18.0 Å². The Morgan fingerprint density at radius 3 is 2.29 bits per heavy atom. The molecule has 2 rings (SSSR count). The standard InChI is InChI=1S/C17H28N4O.2ClH/c1-18-9-6-10-19-17(22)16(15-7-4-3-5-8-15)21-13-11-20(2)12-14-21;;/h3-5,7-8,16,18H,6,9-14H2,1-2H3,(H,19,22);2*1H. The molecule has 5 nitrogen and oxygen atoms in total. The Bertz CT molecular complexity index is 453. The number of carbonyl (C=O) groups is 1. The smallest absolute Gasteiger partial charge is 0.241 e. The van der Waals surface area contributed by atoms with Crippen molar-refractivity contribution in [2.24, 2.45) is 0 Å². The Morgan fingerprint density at radius 1 is 1.08 bits per heavy atom. The Hall–Kier alpha value is -0.850. The fourth-order valence-electron chi connectivity index (χ4n) is 2.82. The number of nitrogens with one attached hydrogen (secondary N) is 2. The lowest BCUT2D eigenvalue weighted by Gasteiger charge is -2.37. The molecule has 1 aromatic rings. The second-order valence-electron chi connectivity index (χ2n) is 5.90. The first-order valence-corrected chi connectivity index (χ1v) is 8.12. The minimum Gasteiger partial charge on any atom is -0.354 e. The van der Waals surface area contributed by atoms with Gasteiger partial charge in [0.25, 0.3) is 0 Å². The molecular weight excluding hydrogens is 347 g/mol. The molecule has 1 aliphatic heterocycles. The monoisotopic (exact) mass is 376 g/mol. The van der Waals surface area contributed by atoms with Gasteiger partial charge in [0.15, 0.2) is 0 Å². The molecular formula is C17H30Cl2N4O. The zero-order chi connectivity index (χ0) is 15.8. The molecule has 1 atom stereocenters. The Balaban J connectivity index is 0.00000264. The molecule has 0 spiro atoms. The van der Waals surface area contributed by atoms with Crippen LogP contribution in [0.4, 0.5) is 0 Å². The summed E-state index contributed by atoms with van der Waals surface area (Å²) in [6.07, 6.45) is 0.951. The Morgan fingerprint density at radius 2 is 1.71 bits per heavy atom. The molecule has 1 aromatic carbocycles. The van der Waals surface area contributed by atoms with Gasteiger partial charge in [-0.05, 0) is 32.6 Å². The van der Waals surface area contributed by atoms with Crippen molar-refractivity contribution < 1.29 is 4.79 Å². The van der Waals surface area contributed by atoms with Crippen LogP contribution in [0.5, 0.6) is 0 Å². The van der Waals surface area contributed by atoms with Crippen molar-refractivity contribution in [3.8, 4) is 0 Å². The summed E-state index contributed by atoms with van der Waals surface area (Å²) in [5.74, 6) is 0.117. The molecule has 0 radical (unpaired) electrons. The lowest BCUT2D eigenvalue weighted by atomic mass is 10.0. The van der Waals surface area contributed by atoms with E-state index in [1.54, 1.807) is 0 Å². The van der Waals surface area contributed by atoms with Crippen LogP contribution in [0.3, 0.4) is 0 Å². The summed E-state index contributed by atoms with van der Waals surface area (Å²) in [6.45, 7) is 5.52. The van der Waals surface area contributed by atoms with Gasteiger partial charge in [0, 0.05) is 32.7 Å². The third-order valence-corrected chi connectivity index (χ3v) is 4.17. The van der Waals surface area contributed by atoms with Crippen LogP contribution >= 0.6 is 24.8 Å². The van der Waals surface area contributed by atoms with Crippen molar-refractivity contribution in [1.29, 1.82) is 0 Å². The summed E-state index contributed by atoms with van der Waals surface area (Å²) in [5, 5.41) is 6.19. The van der Waals surface area contributed by atoms with Crippen molar-refractivity contribution in [1.82, 2.24) is 20.4 Å². The van der Waals surface area contributed by atoms with Gasteiger partial charge in [0.2, 0.25) is 5.91 Å². The number of hydrogen-bond donors (Lipinski definition) is 2. The van der Waals surface area contributed by atoms with Crippen LogP contribution in [-0.2, 0) is 4.79 Å². The molecule has 1 heterocycles. The van der Waals surface area contributed by atoms with Gasteiger partial charge in [-0.1, -0.05) is 30.3 Å². The van der Waals surface area contributed by atoms with Gasteiger partial charge in [0.05, 0.1) is 0 Å². The first-order valence-electron chi connectivity index (χ1n) is 8.12. The molecule has 7 heteroatoms. The Labute approximate surface area is 158 Å². The predicted octanol–water partition coefficient (Wildman–Crippen LogP) is 1.54. The van der Waals surface area contributed by atoms with Crippen LogP contribution in [0.25, 0.3) is 0 Å². The van der Waals surface area contributed by atoms with Gasteiger partial charge in [-0.15, -0.1) is 24.8 Å². The van der Waals surface area contributed by atoms with E-state index in [1.807, 2.05) is 25.2 Å². The number of likely N-dealkylation sites (N-methyl/N-ethyl adjacent to an activating group) is 1. The molecule has 1 fully saturated rings. The molecule has 24 heavy (non-hydrogen) atoms. The molecule has 0 aromatic heterocycles. The first-order chi connectivity index (χ1) is 10.7. The highest BCUT2D eigenvalue weighted by atomic mass is 35.5. The first kappa shape index (κ1) is 23.1. The second kappa shape index (κ2) is 12.5. The quantitative estimate of drug-likeness (QED) is 0.708. The van der Waals surface area contributed by atoms with Crippen LogP contribution < -0.4 is 10.6 Å². The van der Waals surface area contributed by atoms with E-state index in [0.29, 0.717) is 0 Å². The van der Waals surface area contributed by atoms with Gasteiger partial charge in [0.1, 0.15) is 6.04 Å².